The summed E-state index contributed by atoms with van der Waals surface area (Å²) in [6.45, 7) is 3.07. The summed E-state index contributed by atoms with van der Waals surface area (Å²) in [5, 5.41) is 11.9. The van der Waals surface area contributed by atoms with Crippen LogP contribution in [0.4, 0.5) is 5.69 Å². The Morgan fingerprint density at radius 2 is 1.62 bits per heavy atom. The molecule has 4 rings (SSSR count). The summed E-state index contributed by atoms with van der Waals surface area (Å²) in [6, 6.07) is 15.0. The first-order valence-electron chi connectivity index (χ1n) is 11.5. The second-order valence-electron chi connectivity index (χ2n) is 8.79. The number of hydrogen-bond acceptors (Lipinski definition) is 5. The highest BCUT2D eigenvalue weighted by molar-refractivity contribution is 6.76. The number of halogens is 3. The van der Waals surface area contributed by atoms with E-state index in [1.807, 2.05) is 36.4 Å². The van der Waals surface area contributed by atoms with Crippen LogP contribution in [0.25, 0.3) is 0 Å². The van der Waals surface area contributed by atoms with E-state index in [-0.39, 0.29) is 18.8 Å². The van der Waals surface area contributed by atoms with E-state index in [4.69, 9.17) is 44.3 Å². The van der Waals surface area contributed by atoms with Gasteiger partial charge in [-0.1, -0.05) is 77.6 Å². The normalized spacial score (nSPS) is 24.1. The van der Waals surface area contributed by atoms with Crippen molar-refractivity contribution < 1.29 is 19.4 Å². The number of anilines is 1. The fraction of sp³-hybridized carbons (Fsp3) is 0.480. The number of hydrogen-bond donors (Lipinski definition) is 2. The lowest BCUT2D eigenvalue weighted by atomic mass is 9.99. The molecule has 184 valence electrons. The van der Waals surface area contributed by atoms with Gasteiger partial charge in [-0.2, -0.15) is 0 Å². The fourth-order valence-corrected chi connectivity index (χ4v) is 4.53. The molecular weight excluding hydrogens is 499 g/mol. The zero-order chi connectivity index (χ0) is 24.1. The third-order valence-electron chi connectivity index (χ3n) is 6.22. The van der Waals surface area contributed by atoms with Gasteiger partial charge in [0.05, 0.1) is 18.8 Å². The number of carbonyl (C=O) groups excluding carboxylic acids is 1. The predicted molar refractivity (Wildman–Crippen MR) is 134 cm³/mol. The number of rotatable bonds is 6. The minimum atomic E-state index is -2.03. The van der Waals surface area contributed by atoms with E-state index in [0.717, 1.165) is 42.7 Å². The number of piperidine rings is 1. The van der Waals surface area contributed by atoms with Crippen LogP contribution in [-0.2, 0) is 20.9 Å². The molecule has 2 fully saturated rings. The molecule has 0 aromatic heterocycles. The Bertz CT molecular complexity index is 944. The van der Waals surface area contributed by atoms with Crippen molar-refractivity contribution in [3.8, 4) is 0 Å². The van der Waals surface area contributed by atoms with Gasteiger partial charge in [-0.05, 0) is 49.2 Å². The molecule has 2 heterocycles. The van der Waals surface area contributed by atoms with E-state index in [2.05, 4.69) is 10.2 Å². The molecule has 1 amide bonds. The SMILES string of the molecule is O=C(Nc1ccc(C2OC(CN3CCCCC3)CC(c3ccc(CO)cc3)O2)cc1)C(Cl)(Cl)Cl. The highest BCUT2D eigenvalue weighted by atomic mass is 35.6. The molecule has 3 unspecified atom stereocenters. The lowest BCUT2D eigenvalue weighted by molar-refractivity contribution is -0.253. The molecule has 6 nitrogen and oxygen atoms in total. The summed E-state index contributed by atoms with van der Waals surface area (Å²) in [7, 11) is 0. The van der Waals surface area contributed by atoms with Crippen LogP contribution in [0, 0.1) is 0 Å². The van der Waals surface area contributed by atoms with Crippen LogP contribution >= 0.6 is 34.8 Å². The largest absolute Gasteiger partial charge is 0.392 e. The fourth-order valence-electron chi connectivity index (χ4n) is 4.39. The van der Waals surface area contributed by atoms with Crippen molar-refractivity contribution in [2.75, 3.05) is 25.0 Å². The number of carbonyl (C=O) groups is 1. The number of likely N-dealkylation sites (tertiary alicyclic amines) is 1. The van der Waals surface area contributed by atoms with E-state index in [9.17, 15) is 9.90 Å². The minimum absolute atomic E-state index is 0.0102. The standard InChI is InChI=1S/C25H29Cl3N2O4/c26-25(27,28)24(32)29-20-10-8-19(9-11-20)23-33-21(15-30-12-2-1-3-13-30)14-22(34-23)18-6-4-17(16-31)5-7-18/h4-11,21-23,31H,1-3,12-16H2,(H,29,32). The first kappa shape index (κ1) is 25.7. The molecule has 3 atom stereocenters. The lowest BCUT2D eigenvalue weighted by Gasteiger charge is -2.39. The first-order chi connectivity index (χ1) is 16.3. The molecule has 2 aliphatic heterocycles. The number of nitrogens with one attached hydrogen (secondary N) is 1. The Hall–Kier alpha value is -1.38. The second kappa shape index (κ2) is 11.6. The van der Waals surface area contributed by atoms with Gasteiger partial charge in [0.1, 0.15) is 0 Å². The van der Waals surface area contributed by atoms with Crippen molar-refractivity contribution in [1.82, 2.24) is 4.90 Å². The average Bonchev–Trinajstić information content (AvgIpc) is 2.84. The maximum absolute atomic E-state index is 11.9. The number of benzene rings is 2. The third-order valence-corrected chi connectivity index (χ3v) is 6.74. The van der Waals surface area contributed by atoms with E-state index in [1.165, 1.54) is 19.3 Å². The van der Waals surface area contributed by atoms with Gasteiger partial charge in [0.25, 0.3) is 9.70 Å². The number of alkyl halides is 3. The van der Waals surface area contributed by atoms with E-state index in [1.54, 1.807) is 12.1 Å². The molecule has 0 saturated carbocycles. The molecule has 34 heavy (non-hydrogen) atoms. The van der Waals surface area contributed by atoms with Gasteiger partial charge in [-0.3, -0.25) is 4.79 Å². The summed E-state index contributed by atoms with van der Waals surface area (Å²) < 4.78 is 10.7. The quantitative estimate of drug-likeness (QED) is 0.484. The molecule has 0 aliphatic carbocycles. The zero-order valence-corrected chi connectivity index (χ0v) is 21.0. The summed E-state index contributed by atoms with van der Waals surface area (Å²) in [6.07, 6.45) is 3.81. The van der Waals surface area contributed by atoms with Gasteiger partial charge in [-0.15, -0.1) is 0 Å². The predicted octanol–water partition coefficient (Wildman–Crippen LogP) is 5.52. The van der Waals surface area contributed by atoms with Crippen molar-refractivity contribution in [1.29, 1.82) is 0 Å². The van der Waals surface area contributed by atoms with Crippen LogP contribution in [-0.4, -0.2) is 45.4 Å². The molecule has 2 aliphatic rings. The Morgan fingerprint density at radius 1 is 0.971 bits per heavy atom. The Kier molecular flexibility index (Phi) is 8.75. The van der Waals surface area contributed by atoms with Crippen LogP contribution in [0.1, 0.15) is 54.8 Å². The molecule has 0 spiro atoms. The Morgan fingerprint density at radius 3 is 2.24 bits per heavy atom. The number of ether oxygens (including phenoxy) is 2. The average molecular weight is 528 g/mol. The molecule has 0 bridgehead atoms. The van der Waals surface area contributed by atoms with Crippen LogP contribution in [0.2, 0.25) is 0 Å². The highest BCUT2D eigenvalue weighted by Crippen LogP contribution is 2.38. The van der Waals surface area contributed by atoms with Gasteiger partial charge < -0.3 is 24.8 Å². The highest BCUT2D eigenvalue weighted by Gasteiger charge is 2.34. The molecular formula is C25H29Cl3N2O4. The molecule has 2 saturated heterocycles. The number of nitrogens with zero attached hydrogens (tertiary/aromatic N) is 1. The first-order valence-corrected chi connectivity index (χ1v) is 12.7. The van der Waals surface area contributed by atoms with E-state index < -0.39 is 16.0 Å². The summed E-state index contributed by atoms with van der Waals surface area (Å²) in [5.41, 5.74) is 3.27. The summed E-state index contributed by atoms with van der Waals surface area (Å²) >= 11 is 16.9. The van der Waals surface area contributed by atoms with Gasteiger partial charge in [0, 0.05) is 24.2 Å². The van der Waals surface area contributed by atoms with Crippen molar-refractivity contribution in [3.05, 3.63) is 65.2 Å². The van der Waals surface area contributed by atoms with Gasteiger partial charge >= 0.3 is 0 Å². The van der Waals surface area contributed by atoms with Crippen molar-refractivity contribution in [2.45, 2.75) is 54.6 Å². The van der Waals surface area contributed by atoms with Crippen molar-refractivity contribution >= 4 is 46.4 Å². The number of aliphatic hydroxyl groups excluding tert-OH is 1. The maximum atomic E-state index is 11.9. The molecule has 9 heteroatoms. The topological polar surface area (TPSA) is 71.0 Å². The zero-order valence-electron chi connectivity index (χ0n) is 18.8. The molecule has 2 N–H and O–H groups in total. The second-order valence-corrected chi connectivity index (χ2v) is 11.1. The monoisotopic (exact) mass is 526 g/mol. The Labute approximate surface area is 215 Å². The molecule has 0 radical (unpaired) electrons. The number of amides is 1. The maximum Gasteiger partial charge on any atom is 0.276 e. The third kappa shape index (κ3) is 6.85. The summed E-state index contributed by atoms with van der Waals surface area (Å²) in [5.74, 6) is -0.719. The van der Waals surface area contributed by atoms with Crippen molar-refractivity contribution in [2.24, 2.45) is 0 Å². The smallest absolute Gasteiger partial charge is 0.276 e. The van der Waals surface area contributed by atoms with Gasteiger partial charge in [-0.25, -0.2) is 0 Å². The summed E-state index contributed by atoms with van der Waals surface area (Å²) in [4.78, 5) is 14.4. The minimum Gasteiger partial charge on any atom is -0.392 e. The van der Waals surface area contributed by atoms with Gasteiger partial charge in [0.2, 0.25) is 0 Å². The van der Waals surface area contributed by atoms with E-state index in [0.29, 0.717) is 5.69 Å². The van der Waals surface area contributed by atoms with Crippen LogP contribution < -0.4 is 5.32 Å². The van der Waals surface area contributed by atoms with E-state index >= 15 is 0 Å². The lowest BCUT2D eigenvalue weighted by Crippen LogP contribution is -2.41. The van der Waals surface area contributed by atoms with Gasteiger partial charge in [0.15, 0.2) is 6.29 Å². The van der Waals surface area contributed by atoms with Crippen molar-refractivity contribution in [3.63, 3.8) is 0 Å². The van der Waals surface area contributed by atoms with Crippen LogP contribution in [0.3, 0.4) is 0 Å². The van der Waals surface area contributed by atoms with Crippen LogP contribution in [0.5, 0.6) is 0 Å². The Balaban J connectivity index is 1.50. The number of aliphatic hydroxyl groups is 1. The molecule has 2 aromatic carbocycles. The van der Waals surface area contributed by atoms with Crippen LogP contribution in [0.15, 0.2) is 48.5 Å². The molecule has 2 aromatic rings.